The number of carbonyl (C=O) groups excluding carboxylic acids is 2. The van der Waals surface area contributed by atoms with Gasteiger partial charge in [0.2, 0.25) is 0 Å². The van der Waals surface area contributed by atoms with Gasteiger partial charge in [-0.25, -0.2) is 0 Å². The van der Waals surface area contributed by atoms with E-state index in [0.29, 0.717) is 58.7 Å². The molecule has 214 valence electrons. The smallest absolute Gasteiger partial charge is 0.405 e. The standard InChI is InChI=1S/C30H28ClF3N4O3/c1-19-25(28(39)35-18-30(32,33)34)10-11-27-26(19)17-38(36-27)16-20-12-14-37(15-13-20)29(40)21-2-6-23(7-3-21)41-24-8-4-22(31)5-9-24/h2-11,17,20H,12-16,18H2,1H3,(H,35,39). The van der Waals surface area contributed by atoms with E-state index in [4.69, 9.17) is 16.3 Å². The van der Waals surface area contributed by atoms with Crippen LogP contribution in [0, 0.1) is 12.8 Å². The number of likely N-dealkylation sites (tertiary alicyclic amines) is 1. The van der Waals surface area contributed by atoms with Gasteiger partial charge >= 0.3 is 6.18 Å². The maximum absolute atomic E-state index is 13.1. The zero-order chi connectivity index (χ0) is 29.1. The van der Waals surface area contributed by atoms with Gasteiger partial charge in [0, 0.05) is 47.4 Å². The normalized spacial score (nSPS) is 14.3. The Hall–Kier alpha value is -4.05. The van der Waals surface area contributed by atoms with Gasteiger partial charge in [-0.3, -0.25) is 14.3 Å². The van der Waals surface area contributed by atoms with Crippen LogP contribution in [0.3, 0.4) is 0 Å². The molecule has 7 nitrogen and oxygen atoms in total. The monoisotopic (exact) mass is 584 g/mol. The number of amides is 2. The second-order valence-corrected chi connectivity index (χ2v) is 10.6. The summed E-state index contributed by atoms with van der Waals surface area (Å²) in [7, 11) is 0. The first-order valence-electron chi connectivity index (χ1n) is 13.2. The molecule has 5 rings (SSSR count). The summed E-state index contributed by atoms with van der Waals surface area (Å²) in [5.74, 6) is 0.785. The van der Waals surface area contributed by atoms with Gasteiger partial charge in [0.1, 0.15) is 18.0 Å². The third kappa shape index (κ3) is 7.00. The number of nitrogens with one attached hydrogen (secondary N) is 1. The third-order valence-electron chi connectivity index (χ3n) is 7.20. The summed E-state index contributed by atoms with van der Waals surface area (Å²) < 4.78 is 45.1. The highest BCUT2D eigenvalue weighted by Crippen LogP contribution is 2.27. The number of hydrogen-bond donors (Lipinski definition) is 1. The predicted octanol–water partition coefficient (Wildman–Crippen LogP) is 6.63. The summed E-state index contributed by atoms with van der Waals surface area (Å²) in [5.41, 5.74) is 2.04. The van der Waals surface area contributed by atoms with E-state index in [-0.39, 0.29) is 11.5 Å². The van der Waals surface area contributed by atoms with Crippen molar-refractivity contribution in [2.75, 3.05) is 19.6 Å². The highest BCUT2D eigenvalue weighted by Gasteiger charge is 2.28. The van der Waals surface area contributed by atoms with Crippen molar-refractivity contribution in [1.29, 1.82) is 0 Å². The van der Waals surface area contributed by atoms with Gasteiger partial charge in [0.25, 0.3) is 11.8 Å². The Morgan fingerprint density at radius 3 is 2.27 bits per heavy atom. The first-order valence-corrected chi connectivity index (χ1v) is 13.6. The van der Waals surface area contributed by atoms with Crippen LogP contribution in [0.1, 0.15) is 39.1 Å². The zero-order valence-corrected chi connectivity index (χ0v) is 23.0. The third-order valence-corrected chi connectivity index (χ3v) is 7.45. The molecule has 1 aromatic heterocycles. The van der Waals surface area contributed by atoms with Gasteiger partial charge in [0.05, 0.1) is 5.52 Å². The fraction of sp³-hybridized carbons (Fsp3) is 0.300. The van der Waals surface area contributed by atoms with Crippen LogP contribution in [0.15, 0.2) is 66.9 Å². The Morgan fingerprint density at radius 2 is 1.63 bits per heavy atom. The van der Waals surface area contributed by atoms with Crippen LogP contribution in [0.5, 0.6) is 11.5 Å². The number of aromatic nitrogens is 2. The lowest BCUT2D eigenvalue weighted by atomic mass is 9.96. The Balaban J connectivity index is 1.15. The van der Waals surface area contributed by atoms with Crippen molar-refractivity contribution < 1.29 is 27.5 Å². The largest absolute Gasteiger partial charge is 0.457 e. The number of carbonyl (C=O) groups is 2. The van der Waals surface area contributed by atoms with Crippen LogP contribution in [0.25, 0.3) is 10.9 Å². The first kappa shape index (κ1) is 28.5. The van der Waals surface area contributed by atoms with Gasteiger partial charge in [-0.05, 0) is 91.9 Å². The number of rotatable bonds is 7. The van der Waals surface area contributed by atoms with Crippen LogP contribution < -0.4 is 10.1 Å². The number of alkyl halides is 3. The van der Waals surface area contributed by atoms with E-state index in [1.807, 2.05) is 21.1 Å². The molecule has 0 aliphatic carbocycles. The number of benzene rings is 3. The minimum Gasteiger partial charge on any atom is -0.457 e. The summed E-state index contributed by atoms with van der Waals surface area (Å²) >= 11 is 5.91. The van der Waals surface area contributed by atoms with E-state index in [2.05, 4.69) is 5.10 Å². The number of hydrogen-bond acceptors (Lipinski definition) is 4. The molecule has 0 unspecified atom stereocenters. The van der Waals surface area contributed by atoms with Crippen molar-refractivity contribution in [3.05, 3.63) is 88.6 Å². The van der Waals surface area contributed by atoms with Crippen LogP contribution in [0.2, 0.25) is 5.02 Å². The summed E-state index contributed by atoms with van der Waals surface area (Å²) in [6.45, 7) is 2.21. The average Bonchev–Trinajstić information content (AvgIpc) is 3.37. The molecule has 1 N–H and O–H groups in total. The Bertz CT molecular complexity index is 1540. The summed E-state index contributed by atoms with van der Waals surface area (Å²) in [5, 5.41) is 7.87. The number of halogens is 4. The zero-order valence-electron chi connectivity index (χ0n) is 22.2. The highest BCUT2D eigenvalue weighted by molar-refractivity contribution is 6.30. The maximum atomic E-state index is 13.1. The van der Waals surface area contributed by atoms with Crippen LogP contribution in [0.4, 0.5) is 13.2 Å². The quantitative estimate of drug-likeness (QED) is 0.264. The van der Waals surface area contributed by atoms with Gasteiger partial charge in [-0.2, -0.15) is 18.3 Å². The molecule has 1 aliphatic heterocycles. The molecule has 0 saturated carbocycles. The molecule has 3 aromatic carbocycles. The topological polar surface area (TPSA) is 76.5 Å². The Morgan fingerprint density at radius 1 is 1.00 bits per heavy atom. The van der Waals surface area contributed by atoms with Crippen LogP contribution in [-0.4, -0.2) is 52.3 Å². The van der Waals surface area contributed by atoms with Crippen LogP contribution >= 0.6 is 11.6 Å². The summed E-state index contributed by atoms with van der Waals surface area (Å²) in [6, 6.07) is 17.2. The number of fused-ring (bicyclic) bond motifs is 1. The SMILES string of the molecule is Cc1c(C(=O)NCC(F)(F)F)ccc2nn(CC3CCN(C(=O)c4ccc(Oc5ccc(Cl)cc5)cc4)CC3)cc12. The average molecular weight is 585 g/mol. The maximum Gasteiger partial charge on any atom is 0.405 e. The molecular weight excluding hydrogens is 557 g/mol. The minimum absolute atomic E-state index is 0.0294. The number of nitrogens with zero attached hydrogens (tertiary/aromatic N) is 3. The minimum atomic E-state index is -4.48. The van der Waals surface area contributed by atoms with Gasteiger partial charge in [0.15, 0.2) is 0 Å². The molecular formula is C30H28ClF3N4O3. The lowest BCUT2D eigenvalue weighted by molar-refractivity contribution is -0.123. The van der Waals surface area contributed by atoms with E-state index < -0.39 is 18.6 Å². The summed E-state index contributed by atoms with van der Waals surface area (Å²) in [4.78, 5) is 27.2. The highest BCUT2D eigenvalue weighted by atomic mass is 35.5. The number of piperidine rings is 1. The Kier molecular flexibility index (Phi) is 8.21. The fourth-order valence-corrected chi connectivity index (χ4v) is 5.09. The van der Waals surface area contributed by atoms with E-state index in [0.717, 1.165) is 18.2 Å². The van der Waals surface area contributed by atoms with Gasteiger partial charge < -0.3 is 15.0 Å². The number of aryl methyl sites for hydroxylation is 1. The van der Waals surface area contributed by atoms with Crippen molar-refractivity contribution >= 4 is 34.3 Å². The molecule has 41 heavy (non-hydrogen) atoms. The summed E-state index contributed by atoms with van der Waals surface area (Å²) in [6.07, 6.45) is -1.03. The van der Waals surface area contributed by atoms with Crippen molar-refractivity contribution in [2.45, 2.75) is 32.5 Å². The van der Waals surface area contributed by atoms with Crippen molar-refractivity contribution in [2.24, 2.45) is 5.92 Å². The van der Waals surface area contributed by atoms with Crippen molar-refractivity contribution in [1.82, 2.24) is 20.0 Å². The Labute approximate surface area is 239 Å². The molecule has 0 bridgehead atoms. The molecule has 4 aromatic rings. The molecule has 0 spiro atoms. The molecule has 2 amide bonds. The van der Waals surface area contributed by atoms with Gasteiger partial charge in [-0.15, -0.1) is 0 Å². The van der Waals surface area contributed by atoms with Gasteiger partial charge in [-0.1, -0.05) is 11.6 Å². The molecule has 11 heteroatoms. The predicted molar refractivity (Wildman–Crippen MR) is 149 cm³/mol. The lowest BCUT2D eigenvalue weighted by Crippen LogP contribution is -2.39. The second kappa shape index (κ2) is 11.8. The molecule has 1 fully saturated rings. The number of ether oxygens (including phenoxy) is 1. The second-order valence-electron chi connectivity index (χ2n) is 10.1. The molecule has 0 radical (unpaired) electrons. The molecule has 2 heterocycles. The van der Waals surface area contributed by atoms with E-state index >= 15 is 0 Å². The molecule has 1 saturated heterocycles. The first-order chi connectivity index (χ1) is 19.6. The lowest BCUT2D eigenvalue weighted by Gasteiger charge is -2.32. The van der Waals surface area contributed by atoms with Crippen molar-refractivity contribution in [3.63, 3.8) is 0 Å². The van der Waals surface area contributed by atoms with E-state index in [1.54, 1.807) is 61.5 Å². The van der Waals surface area contributed by atoms with E-state index in [1.165, 1.54) is 6.07 Å². The van der Waals surface area contributed by atoms with E-state index in [9.17, 15) is 22.8 Å². The van der Waals surface area contributed by atoms with Crippen LogP contribution in [-0.2, 0) is 6.54 Å². The molecule has 0 atom stereocenters. The molecule has 1 aliphatic rings. The van der Waals surface area contributed by atoms with Crippen molar-refractivity contribution in [3.8, 4) is 11.5 Å². The fourth-order valence-electron chi connectivity index (χ4n) is 4.97.